The van der Waals surface area contributed by atoms with Crippen LogP contribution in [0.4, 0.5) is 17.1 Å². The summed E-state index contributed by atoms with van der Waals surface area (Å²) >= 11 is 0. The highest BCUT2D eigenvalue weighted by Gasteiger charge is 2.08. The van der Waals surface area contributed by atoms with Gasteiger partial charge in [0.2, 0.25) is 5.91 Å². The molecule has 6 heteroatoms. The monoisotopic (exact) mass is 271 g/mol. The third-order valence-electron chi connectivity index (χ3n) is 2.72. The van der Waals surface area contributed by atoms with Gasteiger partial charge in [-0.25, -0.2) is 4.79 Å². The molecule has 0 aliphatic heterocycles. The number of carboxylic acids is 1. The first-order valence-corrected chi connectivity index (χ1v) is 5.77. The quantitative estimate of drug-likeness (QED) is 0.632. The molecule has 0 aliphatic carbocycles. The third-order valence-corrected chi connectivity index (χ3v) is 2.72. The second-order valence-electron chi connectivity index (χ2n) is 4.18. The normalized spacial score (nSPS) is 10.0. The van der Waals surface area contributed by atoms with Gasteiger partial charge >= 0.3 is 5.97 Å². The Morgan fingerprint density at radius 3 is 2.35 bits per heavy atom. The molecule has 20 heavy (non-hydrogen) atoms. The van der Waals surface area contributed by atoms with Crippen molar-refractivity contribution in [2.45, 2.75) is 0 Å². The average molecular weight is 271 g/mol. The molecule has 0 fully saturated rings. The van der Waals surface area contributed by atoms with Crippen LogP contribution in [0.5, 0.6) is 0 Å². The fourth-order valence-corrected chi connectivity index (χ4v) is 1.75. The number of primary amides is 1. The first-order valence-electron chi connectivity index (χ1n) is 5.77. The fourth-order valence-electron chi connectivity index (χ4n) is 1.75. The lowest BCUT2D eigenvalue weighted by molar-refractivity contribution is 0.0698. The smallest absolute Gasteiger partial charge is 0.337 e. The summed E-state index contributed by atoms with van der Waals surface area (Å²) in [4.78, 5) is 21.9. The second-order valence-corrected chi connectivity index (χ2v) is 4.18. The number of carbonyl (C=O) groups is 2. The van der Waals surface area contributed by atoms with Gasteiger partial charge in [-0.1, -0.05) is 6.07 Å². The molecular weight excluding hydrogens is 258 g/mol. The molecule has 1 amide bonds. The van der Waals surface area contributed by atoms with E-state index >= 15 is 0 Å². The van der Waals surface area contributed by atoms with E-state index in [0.717, 1.165) is 0 Å². The zero-order valence-corrected chi connectivity index (χ0v) is 10.5. The Morgan fingerprint density at radius 2 is 1.75 bits per heavy atom. The van der Waals surface area contributed by atoms with Crippen molar-refractivity contribution in [1.29, 1.82) is 0 Å². The van der Waals surface area contributed by atoms with E-state index in [1.165, 1.54) is 12.1 Å². The number of aromatic carboxylic acids is 1. The predicted molar refractivity (Wildman–Crippen MR) is 76.1 cm³/mol. The van der Waals surface area contributed by atoms with E-state index in [1.54, 1.807) is 30.3 Å². The van der Waals surface area contributed by atoms with Crippen LogP contribution in [0.25, 0.3) is 0 Å². The summed E-state index contributed by atoms with van der Waals surface area (Å²) in [5, 5.41) is 11.9. The molecule has 6 nitrogen and oxygen atoms in total. The lowest BCUT2D eigenvalue weighted by atomic mass is 10.1. The number of nitrogen functional groups attached to an aromatic ring is 1. The molecule has 102 valence electrons. The number of amides is 1. The Kier molecular flexibility index (Phi) is 3.56. The molecule has 0 aliphatic rings. The minimum absolute atomic E-state index is 0.0430. The first kappa shape index (κ1) is 13.4. The van der Waals surface area contributed by atoms with Gasteiger partial charge in [0, 0.05) is 22.6 Å². The van der Waals surface area contributed by atoms with Crippen molar-refractivity contribution in [3.05, 3.63) is 53.6 Å². The maximum Gasteiger partial charge on any atom is 0.337 e. The Bertz CT molecular complexity index is 683. The minimum Gasteiger partial charge on any atom is -0.478 e. The summed E-state index contributed by atoms with van der Waals surface area (Å²) in [6.45, 7) is 0. The molecule has 0 bridgehead atoms. The molecule has 0 radical (unpaired) electrons. The predicted octanol–water partition coefficient (Wildman–Crippen LogP) is 1.81. The van der Waals surface area contributed by atoms with E-state index in [-0.39, 0.29) is 11.3 Å². The molecule has 0 spiro atoms. The van der Waals surface area contributed by atoms with E-state index in [2.05, 4.69) is 5.32 Å². The van der Waals surface area contributed by atoms with E-state index in [4.69, 9.17) is 16.6 Å². The van der Waals surface area contributed by atoms with Crippen molar-refractivity contribution in [3.63, 3.8) is 0 Å². The Morgan fingerprint density at radius 1 is 1.05 bits per heavy atom. The summed E-state index contributed by atoms with van der Waals surface area (Å²) in [7, 11) is 0. The topological polar surface area (TPSA) is 118 Å². The maximum atomic E-state index is 11.1. The van der Waals surface area contributed by atoms with Crippen molar-refractivity contribution in [3.8, 4) is 0 Å². The summed E-state index contributed by atoms with van der Waals surface area (Å²) in [6, 6.07) is 11.2. The van der Waals surface area contributed by atoms with Crippen molar-refractivity contribution < 1.29 is 14.7 Å². The van der Waals surface area contributed by atoms with Gasteiger partial charge in [0.25, 0.3) is 0 Å². The number of nitrogens with two attached hydrogens (primary N) is 2. The standard InChI is InChI=1S/C14H13N3O3/c15-12-7-10(4-5-11(12)14(19)20)17-9-3-1-2-8(6-9)13(16)18/h1-7,17H,15H2,(H2,16,18)(H,19,20). The van der Waals surface area contributed by atoms with Gasteiger partial charge in [0.05, 0.1) is 5.56 Å². The summed E-state index contributed by atoms with van der Waals surface area (Å²) < 4.78 is 0. The number of carbonyl (C=O) groups excluding carboxylic acids is 1. The highest BCUT2D eigenvalue weighted by atomic mass is 16.4. The van der Waals surface area contributed by atoms with Crippen LogP contribution in [0.1, 0.15) is 20.7 Å². The molecule has 2 aromatic rings. The third kappa shape index (κ3) is 2.86. The van der Waals surface area contributed by atoms with Crippen LogP contribution < -0.4 is 16.8 Å². The Balaban J connectivity index is 2.26. The summed E-state index contributed by atoms with van der Waals surface area (Å²) in [5.41, 5.74) is 12.7. The first-order chi connectivity index (χ1) is 9.47. The van der Waals surface area contributed by atoms with E-state index < -0.39 is 11.9 Å². The van der Waals surface area contributed by atoms with Crippen LogP contribution >= 0.6 is 0 Å². The SMILES string of the molecule is NC(=O)c1cccc(Nc2ccc(C(=O)O)c(N)c2)c1. The molecule has 6 N–H and O–H groups in total. The maximum absolute atomic E-state index is 11.1. The van der Waals surface area contributed by atoms with Gasteiger partial charge < -0.3 is 21.9 Å². The Hall–Kier alpha value is -3.02. The second kappa shape index (κ2) is 5.31. The highest BCUT2D eigenvalue weighted by molar-refractivity contribution is 5.95. The number of nitrogens with one attached hydrogen (secondary N) is 1. The van der Waals surface area contributed by atoms with Gasteiger partial charge in [0.15, 0.2) is 0 Å². The van der Waals surface area contributed by atoms with Crippen molar-refractivity contribution >= 4 is 28.9 Å². The van der Waals surface area contributed by atoms with Crippen molar-refractivity contribution in [2.24, 2.45) is 5.73 Å². The zero-order chi connectivity index (χ0) is 14.7. The summed E-state index contributed by atoms with van der Waals surface area (Å²) in [6.07, 6.45) is 0. The molecule has 0 aromatic heterocycles. The fraction of sp³-hybridized carbons (Fsp3) is 0. The molecular formula is C14H13N3O3. The number of hydrogen-bond donors (Lipinski definition) is 4. The Labute approximate surface area is 115 Å². The molecule has 0 atom stereocenters. The lowest BCUT2D eigenvalue weighted by Crippen LogP contribution is -2.10. The van der Waals surface area contributed by atoms with E-state index in [0.29, 0.717) is 16.9 Å². The molecule has 0 heterocycles. The van der Waals surface area contributed by atoms with Crippen LogP contribution in [0.15, 0.2) is 42.5 Å². The number of anilines is 3. The van der Waals surface area contributed by atoms with E-state index in [9.17, 15) is 9.59 Å². The van der Waals surface area contributed by atoms with Crippen LogP contribution in [-0.4, -0.2) is 17.0 Å². The molecule has 0 saturated carbocycles. The number of hydrogen-bond acceptors (Lipinski definition) is 4. The molecule has 2 rings (SSSR count). The van der Waals surface area contributed by atoms with Crippen LogP contribution in [-0.2, 0) is 0 Å². The zero-order valence-electron chi connectivity index (χ0n) is 10.5. The van der Waals surface area contributed by atoms with Crippen molar-refractivity contribution in [1.82, 2.24) is 0 Å². The van der Waals surface area contributed by atoms with Crippen LogP contribution in [0.3, 0.4) is 0 Å². The van der Waals surface area contributed by atoms with Gasteiger partial charge in [-0.05, 0) is 36.4 Å². The lowest BCUT2D eigenvalue weighted by Gasteiger charge is -2.09. The molecule has 0 saturated heterocycles. The number of benzene rings is 2. The average Bonchev–Trinajstić information content (AvgIpc) is 2.38. The van der Waals surface area contributed by atoms with Gasteiger partial charge in [-0.2, -0.15) is 0 Å². The van der Waals surface area contributed by atoms with Crippen LogP contribution in [0, 0.1) is 0 Å². The largest absolute Gasteiger partial charge is 0.478 e. The van der Waals surface area contributed by atoms with Gasteiger partial charge in [0.1, 0.15) is 0 Å². The number of carboxylic acid groups (broad SMARTS) is 1. The summed E-state index contributed by atoms with van der Waals surface area (Å²) in [5.74, 6) is -1.60. The van der Waals surface area contributed by atoms with Crippen molar-refractivity contribution in [2.75, 3.05) is 11.1 Å². The van der Waals surface area contributed by atoms with E-state index in [1.807, 2.05) is 0 Å². The van der Waals surface area contributed by atoms with Crippen LogP contribution in [0.2, 0.25) is 0 Å². The van der Waals surface area contributed by atoms with Gasteiger partial charge in [-0.15, -0.1) is 0 Å². The molecule has 0 unspecified atom stereocenters. The van der Waals surface area contributed by atoms with Gasteiger partial charge in [-0.3, -0.25) is 4.79 Å². The minimum atomic E-state index is -1.08. The number of rotatable bonds is 4. The highest BCUT2D eigenvalue weighted by Crippen LogP contribution is 2.22. The molecule has 2 aromatic carbocycles.